The van der Waals surface area contributed by atoms with E-state index in [9.17, 15) is 13.2 Å². The summed E-state index contributed by atoms with van der Waals surface area (Å²) < 4.78 is 26.2. The number of rotatable bonds is 4. The van der Waals surface area contributed by atoms with E-state index in [0.29, 0.717) is 37.3 Å². The number of pyridine rings is 1. The van der Waals surface area contributed by atoms with Crippen LogP contribution in [0.25, 0.3) is 5.82 Å². The summed E-state index contributed by atoms with van der Waals surface area (Å²) in [6.45, 7) is 0.862. The number of piperidine rings is 1. The zero-order chi connectivity index (χ0) is 17.2. The van der Waals surface area contributed by atoms with E-state index in [1.807, 2.05) is 0 Å². The summed E-state index contributed by atoms with van der Waals surface area (Å²) in [7, 11) is -3.16. The van der Waals surface area contributed by atoms with Crippen LogP contribution < -0.4 is 5.32 Å². The van der Waals surface area contributed by atoms with Crippen molar-refractivity contribution in [1.82, 2.24) is 24.2 Å². The van der Waals surface area contributed by atoms with Crippen molar-refractivity contribution in [2.45, 2.75) is 18.9 Å². The molecule has 0 spiro atoms. The lowest BCUT2D eigenvalue weighted by molar-refractivity contribution is 0.0923. The largest absolute Gasteiger partial charge is 0.349 e. The summed E-state index contributed by atoms with van der Waals surface area (Å²) in [5.41, 5.74) is 0.513. The van der Waals surface area contributed by atoms with E-state index < -0.39 is 10.0 Å². The van der Waals surface area contributed by atoms with Gasteiger partial charge in [0.2, 0.25) is 10.0 Å². The minimum absolute atomic E-state index is 0.0274. The maximum Gasteiger partial charge on any atom is 0.251 e. The smallest absolute Gasteiger partial charge is 0.251 e. The zero-order valence-corrected chi connectivity index (χ0v) is 14.1. The SMILES string of the molecule is CS(=O)(=O)N1CCC(NC(=O)c2ccnc(-n3ccnc3)c2)CC1. The van der Waals surface area contributed by atoms with Crippen LogP contribution in [0.15, 0.2) is 37.1 Å². The van der Waals surface area contributed by atoms with Gasteiger partial charge in [0.1, 0.15) is 12.1 Å². The van der Waals surface area contributed by atoms with Crippen LogP contribution in [-0.2, 0) is 10.0 Å². The van der Waals surface area contributed by atoms with Gasteiger partial charge in [0.05, 0.1) is 6.26 Å². The summed E-state index contributed by atoms with van der Waals surface area (Å²) in [6.07, 6.45) is 9.02. The summed E-state index contributed by atoms with van der Waals surface area (Å²) in [5.74, 6) is 0.434. The van der Waals surface area contributed by atoms with Crippen LogP contribution in [0.4, 0.5) is 0 Å². The molecule has 3 rings (SSSR count). The second-order valence-corrected chi connectivity index (χ2v) is 7.76. The second-order valence-electron chi connectivity index (χ2n) is 5.78. The standard InChI is InChI=1S/C15H19N5O3S/c1-24(22,23)20-7-3-13(4-8-20)18-15(21)12-2-5-17-14(10-12)19-9-6-16-11-19/h2,5-6,9-11,13H,3-4,7-8H2,1H3,(H,18,21). The van der Waals surface area contributed by atoms with Gasteiger partial charge in [0.25, 0.3) is 5.91 Å². The summed E-state index contributed by atoms with van der Waals surface area (Å²) in [4.78, 5) is 20.6. The van der Waals surface area contributed by atoms with Gasteiger partial charge in [0.15, 0.2) is 0 Å². The molecule has 0 atom stereocenters. The van der Waals surface area contributed by atoms with Crippen molar-refractivity contribution in [1.29, 1.82) is 0 Å². The first-order valence-electron chi connectivity index (χ1n) is 7.64. The highest BCUT2D eigenvalue weighted by atomic mass is 32.2. The van der Waals surface area contributed by atoms with E-state index in [-0.39, 0.29) is 11.9 Å². The lowest BCUT2D eigenvalue weighted by atomic mass is 10.1. The topological polar surface area (TPSA) is 97.2 Å². The molecule has 1 amide bonds. The van der Waals surface area contributed by atoms with Gasteiger partial charge in [-0.1, -0.05) is 0 Å². The minimum atomic E-state index is -3.16. The van der Waals surface area contributed by atoms with E-state index in [0.717, 1.165) is 0 Å². The first kappa shape index (κ1) is 16.6. The Kier molecular flexibility index (Phi) is 4.63. The first-order valence-corrected chi connectivity index (χ1v) is 9.49. The number of carbonyl (C=O) groups is 1. The molecule has 24 heavy (non-hydrogen) atoms. The number of carbonyl (C=O) groups excluding carboxylic acids is 1. The molecule has 1 fully saturated rings. The Morgan fingerprint density at radius 3 is 2.67 bits per heavy atom. The Morgan fingerprint density at radius 2 is 2.04 bits per heavy atom. The lowest BCUT2D eigenvalue weighted by Crippen LogP contribution is -2.46. The van der Waals surface area contributed by atoms with Crippen molar-refractivity contribution < 1.29 is 13.2 Å². The molecule has 1 aliphatic heterocycles. The van der Waals surface area contributed by atoms with Crippen LogP contribution in [0.3, 0.4) is 0 Å². The first-order chi connectivity index (χ1) is 11.4. The summed E-state index contributed by atoms with van der Waals surface area (Å²) >= 11 is 0. The molecule has 0 unspecified atom stereocenters. The molecular weight excluding hydrogens is 330 g/mol. The molecule has 1 N–H and O–H groups in total. The number of aromatic nitrogens is 3. The maximum absolute atomic E-state index is 12.4. The molecule has 9 heteroatoms. The van der Waals surface area contributed by atoms with Crippen LogP contribution >= 0.6 is 0 Å². The normalized spacial score (nSPS) is 16.9. The number of hydrogen-bond acceptors (Lipinski definition) is 5. The van der Waals surface area contributed by atoms with Gasteiger partial charge in [-0.25, -0.2) is 22.7 Å². The molecule has 3 heterocycles. The Balaban J connectivity index is 1.63. The van der Waals surface area contributed by atoms with Gasteiger partial charge < -0.3 is 5.32 Å². The average Bonchev–Trinajstić information content (AvgIpc) is 3.09. The van der Waals surface area contributed by atoms with Crippen molar-refractivity contribution in [3.05, 3.63) is 42.6 Å². The van der Waals surface area contributed by atoms with Gasteiger partial charge in [-0.3, -0.25) is 9.36 Å². The summed E-state index contributed by atoms with van der Waals surface area (Å²) in [5, 5.41) is 2.97. The molecule has 8 nitrogen and oxygen atoms in total. The Bertz CT molecular complexity index is 811. The molecule has 0 bridgehead atoms. The molecule has 1 saturated heterocycles. The predicted octanol–water partition coefficient (Wildman–Crippen LogP) is 0.421. The molecule has 0 aromatic carbocycles. The molecule has 128 valence electrons. The third-order valence-electron chi connectivity index (χ3n) is 4.03. The number of imidazole rings is 1. The molecular formula is C15H19N5O3S. The van der Waals surface area contributed by atoms with Crippen molar-refractivity contribution in [3.8, 4) is 5.82 Å². The van der Waals surface area contributed by atoms with Gasteiger partial charge in [0, 0.05) is 43.3 Å². The second kappa shape index (κ2) is 6.70. The number of nitrogens with zero attached hydrogens (tertiary/aromatic N) is 4. The fourth-order valence-electron chi connectivity index (χ4n) is 2.70. The highest BCUT2D eigenvalue weighted by molar-refractivity contribution is 7.88. The van der Waals surface area contributed by atoms with Crippen molar-refractivity contribution in [2.75, 3.05) is 19.3 Å². The third-order valence-corrected chi connectivity index (χ3v) is 5.34. The van der Waals surface area contributed by atoms with Crippen molar-refractivity contribution >= 4 is 15.9 Å². The van der Waals surface area contributed by atoms with Gasteiger partial charge in [-0.05, 0) is 25.0 Å². The molecule has 0 saturated carbocycles. The van der Waals surface area contributed by atoms with E-state index >= 15 is 0 Å². The fourth-order valence-corrected chi connectivity index (χ4v) is 3.57. The molecule has 0 radical (unpaired) electrons. The van der Waals surface area contributed by atoms with Crippen LogP contribution in [0, 0.1) is 0 Å². The van der Waals surface area contributed by atoms with E-state index in [1.165, 1.54) is 10.6 Å². The predicted molar refractivity (Wildman–Crippen MR) is 88.3 cm³/mol. The third kappa shape index (κ3) is 3.80. The van der Waals surface area contributed by atoms with Gasteiger partial charge in [-0.15, -0.1) is 0 Å². The van der Waals surface area contributed by atoms with Gasteiger partial charge >= 0.3 is 0 Å². The van der Waals surface area contributed by atoms with Crippen molar-refractivity contribution in [2.24, 2.45) is 0 Å². The Labute approximate surface area is 140 Å². The molecule has 2 aromatic heterocycles. The van der Waals surface area contributed by atoms with Crippen LogP contribution in [-0.4, -0.2) is 58.6 Å². The lowest BCUT2D eigenvalue weighted by Gasteiger charge is -2.30. The molecule has 0 aliphatic carbocycles. The van der Waals surface area contributed by atoms with E-state index in [4.69, 9.17) is 0 Å². The highest BCUT2D eigenvalue weighted by Gasteiger charge is 2.26. The number of sulfonamides is 1. The van der Waals surface area contributed by atoms with Gasteiger partial charge in [-0.2, -0.15) is 0 Å². The Hall–Kier alpha value is -2.26. The fraction of sp³-hybridized carbons (Fsp3) is 0.400. The number of nitrogens with one attached hydrogen (secondary N) is 1. The van der Waals surface area contributed by atoms with E-state index in [2.05, 4.69) is 15.3 Å². The molecule has 1 aliphatic rings. The maximum atomic E-state index is 12.4. The molecule has 2 aromatic rings. The van der Waals surface area contributed by atoms with Crippen LogP contribution in [0.5, 0.6) is 0 Å². The Morgan fingerprint density at radius 1 is 1.29 bits per heavy atom. The quantitative estimate of drug-likeness (QED) is 0.863. The highest BCUT2D eigenvalue weighted by Crippen LogP contribution is 2.14. The van der Waals surface area contributed by atoms with Crippen molar-refractivity contribution in [3.63, 3.8) is 0 Å². The average molecular weight is 349 g/mol. The monoisotopic (exact) mass is 349 g/mol. The van der Waals surface area contributed by atoms with Crippen LogP contribution in [0.2, 0.25) is 0 Å². The van der Waals surface area contributed by atoms with Crippen LogP contribution in [0.1, 0.15) is 23.2 Å². The summed E-state index contributed by atoms with van der Waals surface area (Å²) in [6, 6.07) is 3.32. The number of hydrogen-bond donors (Lipinski definition) is 1. The number of amides is 1. The minimum Gasteiger partial charge on any atom is -0.349 e. The zero-order valence-electron chi connectivity index (χ0n) is 13.3. The van der Waals surface area contributed by atoms with E-state index in [1.54, 1.807) is 41.6 Å².